The summed E-state index contributed by atoms with van der Waals surface area (Å²) in [5.41, 5.74) is 0.948. The van der Waals surface area contributed by atoms with Gasteiger partial charge in [0.2, 0.25) is 6.79 Å². The minimum Gasteiger partial charge on any atom is -0.454 e. The first-order chi connectivity index (χ1) is 12.8. The van der Waals surface area contributed by atoms with E-state index in [9.17, 15) is 4.79 Å². The van der Waals surface area contributed by atoms with Gasteiger partial charge in [0.15, 0.2) is 16.7 Å². The number of carbonyl (C=O) groups is 1. The molecule has 0 radical (unpaired) electrons. The Morgan fingerprint density at radius 1 is 1.19 bits per heavy atom. The highest BCUT2D eigenvalue weighted by molar-refractivity contribution is 8.18. The molecule has 0 N–H and O–H groups in total. The van der Waals surface area contributed by atoms with Gasteiger partial charge in [-0.05, 0) is 55.3 Å². The number of nitrogens with zero attached hydrogens (tertiary/aromatic N) is 2. The average Bonchev–Trinajstić information content (AvgIpc) is 3.10. The van der Waals surface area contributed by atoms with Crippen molar-refractivity contribution in [3.05, 3.63) is 28.7 Å². The monoisotopic (exact) mass is 372 g/mol. The first-order valence-corrected chi connectivity index (χ1v) is 10.2. The molecule has 1 aromatic carbocycles. The molecule has 0 unspecified atom stereocenters. The van der Waals surface area contributed by atoms with Crippen LogP contribution in [0.1, 0.15) is 51.0 Å². The fourth-order valence-electron chi connectivity index (χ4n) is 3.72. The Hall–Kier alpha value is -1.95. The van der Waals surface area contributed by atoms with Crippen molar-refractivity contribution in [2.24, 2.45) is 4.99 Å². The summed E-state index contributed by atoms with van der Waals surface area (Å²) in [4.78, 5) is 20.4. The molecule has 2 heterocycles. The molecule has 1 saturated carbocycles. The zero-order valence-electron chi connectivity index (χ0n) is 15.1. The predicted octanol–water partition coefficient (Wildman–Crippen LogP) is 4.43. The molecule has 6 heteroatoms. The highest BCUT2D eigenvalue weighted by Crippen LogP contribution is 2.38. The van der Waals surface area contributed by atoms with Crippen molar-refractivity contribution in [2.45, 2.75) is 51.5 Å². The molecule has 3 aliphatic rings. The Kier molecular flexibility index (Phi) is 5.20. The van der Waals surface area contributed by atoms with Gasteiger partial charge in [-0.25, -0.2) is 0 Å². The molecule has 138 valence electrons. The van der Waals surface area contributed by atoms with E-state index in [0.29, 0.717) is 6.54 Å². The van der Waals surface area contributed by atoms with Crippen LogP contribution < -0.4 is 9.47 Å². The normalized spacial score (nSPS) is 23.9. The van der Waals surface area contributed by atoms with Crippen molar-refractivity contribution >= 4 is 28.9 Å². The lowest BCUT2D eigenvalue weighted by atomic mass is 10.1. The van der Waals surface area contributed by atoms with Crippen molar-refractivity contribution in [1.82, 2.24) is 4.90 Å². The minimum absolute atomic E-state index is 0.0896. The van der Waals surface area contributed by atoms with Crippen LogP contribution in [-0.2, 0) is 4.79 Å². The molecule has 0 atom stereocenters. The Bertz CT molecular complexity index is 751. The number of ether oxygens (including phenoxy) is 2. The van der Waals surface area contributed by atoms with Gasteiger partial charge in [-0.15, -0.1) is 0 Å². The lowest BCUT2D eigenvalue weighted by Crippen LogP contribution is -2.39. The molecule has 0 aromatic heterocycles. The van der Waals surface area contributed by atoms with E-state index in [1.165, 1.54) is 37.4 Å². The van der Waals surface area contributed by atoms with Crippen LogP contribution in [-0.4, -0.2) is 35.4 Å². The Balaban J connectivity index is 1.61. The second-order valence-corrected chi connectivity index (χ2v) is 7.81. The SMILES string of the molecule is CCN=C1S/C(=C\c2ccc3c(c2)OCO3)C(=O)N1C1CCCCCC1. The fourth-order valence-corrected chi connectivity index (χ4v) is 4.83. The molecule has 1 amide bonds. The van der Waals surface area contributed by atoms with E-state index in [1.54, 1.807) is 0 Å². The van der Waals surface area contributed by atoms with E-state index in [2.05, 4.69) is 4.99 Å². The lowest BCUT2D eigenvalue weighted by molar-refractivity contribution is -0.123. The van der Waals surface area contributed by atoms with Crippen molar-refractivity contribution in [1.29, 1.82) is 0 Å². The van der Waals surface area contributed by atoms with Gasteiger partial charge < -0.3 is 9.47 Å². The Labute approximate surface area is 158 Å². The third kappa shape index (κ3) is 3.47. The average molecular weight is 372 g/mol. The highest BCUT2D eigenvalue weighted by atomic mass is 32.2. The second kappa shape index (κ2) is 7.74. The zero-order valence-corrected chi connectivity index (χ0v) is 15.9. The van der Waals surface area contributed by atoms with Crippen LogP contribution >= 0.6 is 11.8 Å². The largest absolute Gasteiger partial charge is 0.454 e. The van der Waals surface area contributed by atoms with Crippen molar-refractivity contribution in [3.63, 3.8) is 0 Å². The number of thioether (sulfide) groups is 1. The number of aliphatic imine (C=N–C) groups is 1. The molecular weight excluding hydrogens is 348 g/mol. The molecule has 1 saturated heterocycles. The van der Waals surface area contributed by atoms with E-state index >= 15 is 0 Å². The topological polar surface area (TPSA) is 51.1 Å². The number of hydrogen-bond acceptors (Lipinski definition) is 5. The minimum atomic E-state index is 0.0896. The number of fused-ring (bicyclic) bond motifs is 1. The maximum atomic E-state index is 13.1. The summed E-state index contributed by atoms with van der Waals surface area (Å²) in [5, 5.41) is 0.858. The van der Waals surface area contributed by atoms with Gasteiger partial charge in [-0.1, -0.05) is 31.7 Å². The van der Waals surface area contributed by atoms with E-state index in [0.717, 1.165) is 40.0 Å². The number of hydrogen-bond donors (Lipinski definition) is 0. The third-order valence-electron chi connectivity index (χ3n) is 5.01. The standard InChI is InChI=1S/C20H24N2O3S/c1-2-21-20-22(15-7-5-3-4-6-8-15)19(23)18(26-20)12-14-9-10-16-17(11-14)25-13-24-16/h9-12,15H,2-8,13H2,1H3/b18-12-,21-20?. The highest BCUT2D eigenvalue weighted by Gasteiger charge is 2.38. The smallest absolute Gasteiger partial charge is 0.266 e. The maximum absolute atomic E-state index is 13.1. The first-order valence-electron chi connectivity index (χ1n) is 9.43. The molecule has 26 heavy (non-hydrogen) atoms. The van der Waals surface area contributed by atoms with E-state index < -0.39 is 0 Å². The molecule has 0 bridgehead atoms. The van der Waals surface area contributed by atoms with Crippen molar-refractivity contribution in [3.8, 4) is 11.5 Å². The summed E-state index contributed by atoms with van der Waals surface area (Å²) in [5.74, 6) is 1.58. The summed E-state index contributed by atoms with van der Waals surface area (Å²) in [6.45, 7) is 2.96. The van der Waals surface area contributed by atoms with E-state index in [-0.39, 0.29) is 18.7 Å². The number of amidine groups is 1. The van der Waals surface area contributed by atoms with E-state index in [4.69, 9.17) is 9.47 Å². The molecule has 2 aliphatic heterocycles. The number of rotatable bonds is 3. The Morgan fingerprint density at radius 3 is 2.73 bits per heavy atom. The van der Waals surface area contributed by atoms with Crippen LogP contribution in [0.15, 0.2) is 28.1 Å². The molecule has 0 spiro atoms. The third-order valence-corrected chi connectivity index (χ3v) is 6.04. The van der Waals surface area contributed by atoms with Crippen LogP contribution in [0.3, 0.4) is 0 Å². The van der Waals surface area contributed by atoms with Gasteiger partial charge in [0, 0.05) is 12.6 Å². The quantitative estimate of drug-likeness (QED) is 0.582. The maximum Gasteiger partial charge on any atom is 0.266 e. The summed E-state index contributed by atoms with van der Waals surface area (Å²) in [6.07, 6.45) is 9.02. The zero-order chi connectivity index (χ0) is 17.9. The molecular formula is C20H24N2O3S. The molecule has 2 fully saturated rings. The van der Waals surface area contributed by atoms with Gasteiger partial charge in [-0.2, -0.15) is 0 Å². The summed E-state index contributed by atoms with van der Waals surface area (Å²) < 4.78 is 10.8. The number of benzene rings is 1. The van der Waals surface area contributed by atoms with Gasteiger partial charge in [0.1, 0.15) is 0 Å². The predicted molar refractivity (Wildman–Crippen MR) is 104 cm³/mol. The van der Waals surface area contributed by atoms with Crippen LogP contribution in [0.2, 0.25) is 0 Å². The summed E-state index contributed by atoms with van der Waals surface area (Å²) >= 11 is 1.50. The molecule has 1 aliphatic carbocycles. The number of amides is 1. The fraction of sp³-hybridized carbons (Fsp3) is 0.500. The van der Waals surface area contributed by atoms with Crippen molar-refractivity contribution in [2.75, 3.05) is 13.3 Å². The summed E-state index contributed by atoms with van der Waals surface area (Å²) in [7, 11) is 0. The molecule has 4 rings (SSSR count). The van der Waals surface area contributed by atoms with Crippen LogP contribution in [0.25, 0.3) is 6.08 Å². The van der Waals surface area contributed by atoms with Crippen molar-refractivity contribution < 1.29 is 14.3 Å². The molecule has 1 aromatic rings. The van der Waals surface area contributed by atoms with Gasteiger partial charge >= 0.3 is 0 Å². The van der Waals surface area contributed by atoms with Crippen LogP contribution in [0.5, 0.6) is 11.5 Å². The van der Waals surface area contributed by atoms with Crippen LogP contribution in [0.4, 0.5) is 0 Å². The first kappa shape index (κ1) is 17.5. The molecule has 5 nitrogen and oxygen atoms in total. The Morgan fingerprint density at radius 2 is 1.96 bits per heavy atom. The van der Waals surface area contributed by atoms with Crippen LogP contribution in [0, 0.1) is 0 Å². The van der Waals surface area contributed by atoms with Gasteiger partial charge in [0.05, 0.1) is 4.91 Å². The van der Waals surface area contributed by atoms with Gasteiger partial charge in [0.25, 0.3) is 5.91 Å². The van der Waals surface area contributed by atoms with E-state index in [1.807, 2.05) is 36.1 Å². The second-order valence-electron chi connectivity index (χ2n) is 6.80. The van der Waals surface area contributed by atoms with Gasteiger partial charge in [-0.3, -0.25) is 14.7 Å². The summed E-state index contributed by atoms with van der Waals surface area (Å²) in [6, 6.07) is 6.06. The lowest BCUT2D eigenvalue weighted by Gasteiger charge is -2.26. The number of carbonyl (C=O) groups excluding carboxylic acids is 1.